The van der Waals surface area contributed by atoms with E-state index in [1.165, 1.54) is 0 Å². The summed E-state index contributed by atoms with van der Waals surface area (Å²) in [6, 6.07) is 10.0. The molecule has 0 amide bonds. The van der Waals surface area contributed by atoms with E-state index in [1.54, 1.807) is 0 Å². The molecular weight excluding hydrogens is 208 g/mol. The Morgan fingerprint density at radius 1 is 1.40 bits per heavy atom. The number of aryl methyl sites for hydroxylation is 1. The van der Waals surface area contributed by atoms with Gasteiger partial charge in [-0.05, 0) is 24.6 Å². The Labute approximate surface area is 93.1 Å². The second-order valence-corrected chi connectivity index (χ2v) is 3.83. The topological polar surface area (TPSA) is 36.7 Å². The molecular formula is C12H9ClN2. The van der Waals surface area contributed by atoms with Crippen LogP contribution in [0.1, 0.15) is 11.1 Å². The lowest BCUT2D eigenvalue weighted by Gasteiger charge is -2.03. The van der Waals surface area contributed by atoms with Crippen molar-refractivity contribution >= 4 is 22.5 Å². The van der Waals surface area contributed by atoms with Gasteiger partial charge in [-0.25, -0.2) is 4.98 Å². The summed E-state index contributed by atoms with van der Waals surface area (Å²) in [7, 11) is 0. The van der Waals surface area contributed by atoms with Crippen LogP contribution in [-0.2, 0) is 6.42 Å². The third-order valence-electron chi connectivity index (χ3n) is 2.27. The summed E-state index contributed by atoms with van der Waals surface area (Å²) in [5.41, 5.74) is 2.82. The fourth-order valence-corrected chi connectivity index (χ4v) is 1.72. The average Bonchev–Trinajstić information content (AvgIpc) is 2.20. The van der Waals surface area contributed by atoms with E-state index in [0.29, 0.717) is 11.6 Å². The number of fused-ring (bicyclic) bond motifs is 1. The summed E-state index contributed by atoms with van der Waals surface area (Å²) in [6.45, 7) is 2.01. The molecule has 1 heterocycles. The molecule has 1 aromatic carbocycles. The van der Waals surface area contributed by atoms with Gasteiger partial charge in [0.05, 0.1) is 18.0 Å². The zero-order chi connectivity index (χ0) is 10.8. The third kappa shape index (κ3) is 1.93. The van der Waals surface area contributed by atoms with Crippen LogP contribution >= 0.6 is 11.6 Å². The van der Waals surface area contributed by atoms with E-state index in [4.69, 9.17) is 16.9 Å². The monoisotopic (exact) mass is 216 g/mol. The fourth-order valence-electron chi connectivity index (χ4n) is 1.51. The summed E-state index contributed by atoms with van der Waals surface area (Å²) in [6.07, 6.45) is 0.301. The second-order valence-electron chi connectivity index (χ2n) is 3.47. The largest absolute Gasteiger partial charge is 0.236 e. The van der Waals surface area contributed by atoms with E-state index in [0.717, 1.165) is 22.0 Å². The van der Waals surface area contributed by atoms with E-state index >= 15 is 0 Å². The minimum Gasteiger partial charge on any atom is -0.236 e. The number of halogens is 1. The number of nitriles is 1. The Balaban J connectivity index is 2.66. The Kier molecular flexibility index (Phi) is 2.57. The van der Waals surface area contributed by atoms with Gasteiger partial charge in [-0.2, -0.15) is 5.26 Å². The highest BCUT2D eigenvalue weighted by atomic mass is 35.5. The van der Waals surface area contributed by atoms with E-state index < -0.39 is 0 Å². The van der Waals surface area contributed by atoms with Gasteiger partial charge in [0.25, 0.3) is 0 Å². The molecule has 2 rings (SSSR count). The zero-order valence-electron chi connectivity index (χ0n) is 8.29. The molecule has 0 aliphatic rings. The van der Waals surface area contributed by atoms with Gasteiger partial charge in [-0.1, -0.05) is 23.7 Å². The molecule has 74 valence electrons. The molecule has 15 heavy (non-hydrogen) atoms. The van der Waals surface area contributed by atoms with Crippen molar-refractivity contribution in [3.8, 4) is 6.07 Å². The van der Waals surface area contributed by atoms with Crippen LogP contribution < -0.4 is 0 Å². The SMILES string of the molecule is Cc1ccc2cc(CC#N)c(Cl)nc2c1. The lowest BCUT2D eigenvalue weighted by molar-refractivity contribution is 1.22. The van der Waals surface area contributed by atoms with Crippen molar-refractivity contribution < 1.29 is 0 Å². The molecule has 1 aromatic heterocycles. The minimum atomic E-state index is 0.301. The van der Waals surface area contributed by atoms with Crippen molar-refractivity contribution in [3.63, 3.8) is 0 Å². The normalized spacial score (nSPS) is 10.2. The first-order valence-corrected chi connectivity index (χ1v) is 5.01. The van der Waals surface area contributed by atoms with Crippen LogP contribution in [0.2, 0.25) is 5.15 Å². The van der Waals surface area contributed by atoms with E-state index in [2.05, 4.69) is 11.1 Å². The number of hydrogen-bond acceptors (Lipinski definition) is 2. The summed E-state index contributed by atoms with van der Waals surface area (Å²) < 4.78 is 0. The van der Waals surface area contributed by atoms with Crippen LogP contribution in [-0.4, -0.2) is 4.98 Å². The van der Waals surface area contributed by atoms with Crippen LogP contribution in [0.15, 0.2) is 24.3 Å². The van der Waals surface area contributed by atoms with Crippen LogP contribution in [0.3, 0.4) is 0 Å². The maximum atomic E-state index is 8.62. The Bertz CT molecular complexity index is 555. The molecule has 0 radical (unpaired) electrons. The lowest BCUT2D eigenvalue weighted by atomic mass is 10.1. The van der Waals surface area contributed by atoms with Crippen molar-refractivity contribution in [3.05, 3.63) is 40.5 Å². The van der Waals surface area contributed by atoms with E-state index in [9.17, 15) is 0 Å². The maximum absolute atomic E-state index is 8.62. The van der Waals surface area contributed by atoms with Crippen LogP contribution in [0.5, 0.6) is 0 Å². The first-order valence-electron chi connectivity index (χ1n) is 4.63. The number of hydrogen-bond donors (Lipinski definition) is 0. The highest BCUT2D eigenvalue weighted by Crippen LogP contribution is 2.21. The molecule has 0 atom stereocenters. The Hall–Kier alpha value is -1.59. The van der Waals surface area contributed by atoms with Gasteiger partial charge in [0, 0.05) is 10.9 Å². The number of nitrogens with zero attached hydrogens (tertiary/aromatic N) is 2. The molecule has 3 heteroatoms. The average molecular weight is 217 g/mol. The highest BCUT2D eigenvalue weighted by molar-refractivity contribution is 6.30. The molecule has 0 aliphatic carbocycles. The zero-order valence-corrected chi connectivity index (χ0v) is 9.04. The number of aromatic nitrogens is 1. The number of pyridine rings is 1. The molecule has 0 fully saturated rings. The van der Waals surface area contributed by atoms with Gasteiger partial charge < -0.3 is 0 Å². The second kappa shape index (κ2) is 3.88. The third-order valence-corrected chi connectivity index (χ3v) is 2.60. The van der Waals surface area contributed by atoms with Gasteiger partial charge in [-0.3, -0.25) is 0 Å². The van der Waals surface area contributed by atoms with Gasteiger partial charge in [0.2, 0.25) is 0 Å². The number of benzene rings is 1. The van der Waals surface area contributed by atoms with Crippen molar-refractivity contribution in [1.82, 2.24) is 4.98 Å². The fraction of sp³-hybridized carbons (Fsp3) is 0.167. The van der Waals surface area contributed by atoms with Gasteiger partial charge in [0.15, 0.2) is 0 Å². The highest BCUT2D eigenvalue weighted by Gasteiger charge is 2.04. The Morgan fingerprint density at radius 3 is 2.93 bits per heavy atom. The lowest BCUT2D eigenvalue weighted by Crippen LogP contribution is -1.89. The predicted octanol–water partition coefficient (Wildman–Crippen LogP) is 3.26. The van der Waals surface area contributed by atoms with Gasteiger partial charge >= 0.3 is 0 Å². The molecule has 2 aromatic rings. The number of rotatable bonds is 1. The van der Waals surface area contributed by atoms with Crippen LogP contribution in [0.4, 0.5) is 0 Å². The van der Waals surface area contributed by atoms with Gasteiger partial charge in [-0.15, -0.1) is 0 Å². The predicted molar refractivity (Wildman–Crippen MR) is 60.8 cm³/mol. The van der Waals surface area contributed by atoms with E-state index in [-0.39, 0.29) is 0 Å². The Morgan fingerprint density at radius 2 is 2.20 bits per heavy atom. The summed E-state index contributed by atoms with van der Waals surface area (Å²) in [5.74, 6) is 0. The van der Waals surface area contributed by atoms with E-state index in [1.807, 2.05) is 31.2 Å². The molecule has 0 N–H and O–H groups in total. The van der Waals surface area contributed by atoms with Crippen molar-refractivity contribution in [2.45, 2.75) is 13.3 Å². The molecule has 0 saturated carbocycles. The smallest absolute Gasteiger partial charge is 0.134 e. The van der Waals surface area contributed by atoms with Crippen LogP contribution in [0, 0.1) is 18.3 Å². The van der Waals surface area contributed by atoms with Gasteiger partial charge in [0.1, 0.15) is 5.15 Å². The van der Waals surface area contributed by atoms with Crippen LogP contribution in [0.25, 0.3) is 10.9 Å². The first kappa shape index (κ1) is 9.95. The molecule has 2 nitrogen and oxygen atoms in total. The van der Waals surface area contributed by atoms with Crippen molar-refractivity contribution in [1.29, 1.82) is 5.26 Å². The van der Waals surface area contributed by atoms with Crippen molar-refractivity contribution in [2.24, 2.45) is 0 Å². The standard InChI is InChI=1S/C12H9ClN2/c1-8-2-3-9-7-10(4-5-14)12(13)15-11(9)6-8/h2-3,6-7H,4H2,1H3. The quantitative estimate of drug-likeness (QED) is 0.686. The van der Waals surface area contributed by atoms with Crippen molar-refractivity contribution in [2.75, 3.05) is 0 Å². The molecule has 0 saturated heterocycles. The molecule has 0 spiro atoms. The summed E-state index contributed by atoms with van der Waals surface area (Å²) in [5, 5.41) is 10.1. The molecule has 0 bridgehead atoms. The summed E-state index contributed by atoms with van der Waals surface area (Å²) in [4.78, 5) is 4.27. The molecule has 0 unspecified atom stereocenters. The molecule has 0 aliphatic heterocycles. The summed E-state index contributed by atoms with van der Waals surface area (Å²) >= 11 is 5.97. The first-order chi connectivity index (χ1) is 7.20. The minimum absolute atomic E-state index is 0.301. The maximum Gasteiger partial charge on any atom is 0.134 e.